The molecule has 0 amide bonds. The summed E-state index contributed by atoms with van der Waals surface area (Å²) in [5.74, 6) is 0.905. The van der Waals surface area contributed by atoms with Crippen LogP contribution in [0.15, 0.2) is 65.7 Å². The van der Waals surface area contributed by atoms with Gasteiger partial charge in [0.05, 0.1) is 23.7 Å². The maximum Gasteiger partial charge on any atom is 0.338 e. The molecule has 0 spiro atoms. The van der Waals surface area contributed by atoms with Gasteiger partial charge in [-0.2, -0.15) is 0 Å². The van der Waals surface area contributed by atoms with Gasteiger partial charge in [-0.05, 0) is 53.8 Å². The number of imidazole rings is 1. The van der Waals surface area contributed by atoms with Crippen molar-refractivity contribution in [2.75, 3.05) is 26.0 Å². The molecule has 0 unspecified atom stereocenters. The Bertz CT molecular complexity index is 1510. The Hall–Kier alpha value is -4.53. The Morgan fingerprint density at radius 2 is 1.89 bits per heavy atom. The molecule has 0 bridgehead atoms. The number of benzene rings is 3. The van der Waals surface area contributed by atoms with Crippen LogP contribution in [0.5, 0.6) is 0 Å². The standard InChI is InChI=1S/C29H31N5O4/c1-5-8-27-32-28-19(2)15-22(31-26(30-3)18-34(36)37)16-25(28)33(27)17-20-11-13-21(14-12-20)23-9-6-7-10-24(23)29(35)38-4/h6-7,9-16H,5,8,17-18H2,1-4H3,(H,30,31). The molecule has 0 aliphatic rings. The minimum Gasteiger partial charge on any atom is -0.465 e. The van der Waals surface area contributed by atoms with E-state index in [-0.39, 0.29) is 18.3 Å². The van der Waals surface area contributed by atoms with Gasteiger partial charge in [-0.25, -0.2) is 9.78 Å². The van der Waals surface area contributed by atoms with Crippen LogP contribution in [0.1, 0.15) is 40.7 Å². The predicted octanol–water partition coefficient (Wildman–Crippen LogP) is 5.52. The minimum atomic E-state index is -0.405. The Labute approximate surface area is 221 Å². The maximum atomic E-state index is 12.2. The molecule has 9 nitrogen and oxygen atoms in total. The molecule has 0 fully saturated rings. The summed E-state index contributed by atoms with van der Waals surface area (Å²) in [6.07, 6.45) is 1.77. The van der Waals surface area contributed by atoms with Gasteiger partial charge in [0.2, 0.25) is 0 Å². The van der Waals surface area contributed by atoms with E-state index in [1.165, 1.54) is 14.2 Å². The highest BCUT2D eigenvalue weighted by Gasteiger charge is 2.16. The first-order valence-corrected chi connectivity index (χ1v) is 12.5. The second kappa shape index (κ2) is 11.7. The molecule has 0 saturated carbocycles. The van der Waals surface area contributed by atoms with Crippen LogP contribution in [-0.4, -0.2) is 47.0 Å². The van der Waals surface area contributed by atoms with Crippen LogP contribution >= 0.6 is 0 Å². The van der Waals surface area contributed by atoms with Crippen LogP contribution < -0.4 is 5.32 Å². The van der Waals surface area contributed by atoms with Crippen molar-refractivity contribution in [3.63, 3.8) is 0 Å². The zero-order chi connectivity index (χ0) is 27.2. The second-order valence-corrected chi connectivity index (χ2v) is 9.05. The number of hydrogen-bond acceptors (Lipinski definition) is 6. The van der Waals surface area contributed by atoms with Gasteiger partial charge in [0.15, 0.2) is 5.84 Å². The number of hydrogen-bond donors (Lipinski definition) is 1. The van der Waals surface area contributed by atoms with Gasteiger partial charge in [-0.3, -0.25) is 15.1 Å². The SMILES string of the molecule is CCCc1nc2c(C)cc(NC(C[N+](=O)[O-])=NC)cc2n1Cc1ccc(-c2ccccc2C(=O)OC)cc1. The molecule has 0 radical (unpaired) electrons. The Morgan fingerprint density at radius 1 is 1.16 bits per heavy atom. The summed E-state index contributed by atoms with van der Waals surface area (Å²) in [7, 11) is 2.92. The lowest BCUT2D eigenvalue weighted by atomic mass is 9.98. The van der Waals surface area contributed by atoms with Gasteiger partial charge in [0.1, 0.15) is 5.82 Å². The number of aromatic nitrogens is 2. The quantitative estimate of drug-likeness (QED) is 0.104. The maximum absolute atomic E-state index is 12.2. The number of rotatable bonds is 9. The van der Waals surface area contributed by atoms with E-state index in [1.54, 1.807) is 6.07 Å². The van der Waals surface area contributed by atoms with E-state index < -0.39 is 4.92 Å². The molecule has 38 heavy (non-hydrogen) atoms. The van der Waals surface area contributed by atoms with E-state index in [9.17, 15) is 14.9 Å². The highest BCUT2D eigenvalue weighted by molar-refractivity contribution is 5.98. The third-order valence-electron chi connectivity index (χ3n) is 6.37. The Morgan fingerprint density at radius 3 is 2.55 bits per heavy atom. The summed E-state index contributed by atoms with van der Waals surface area (Å²) >= 11 is 0. The van der Waals surface area contributed by atoms with Gasteiger partial charge in [0, 0.05) is 30.6 Å². The van der Waals surface area contributed by atoms with Crippen LogP contribution in [0.3, 0.4) is 0 Å². The number of nitrogens with zero attached hydrogens (tertiary/aromatic N) is 4. The number of ether oxygens (including phenoxy) is 1. The molecule has 196 valence electrons. The molecular formula is C29H31N5O4. The van der Waals surface area contributed by atoms with Crippen molar-refractivity contribution in [2.45, 2.75) is 33.2 Å². The van der Waals surface area contributed by atoms with Gasteiger partial charge >= 0.3 is 5.97 Å². The lowest BCUT2D eigenvalue weighted by Gasteiger charge is -2.13. The van der Waals surface area contributed by atoms with Crippen molar-refractivity contribution in [3.05, 3.63) is 93.3 Å². The van der Waals surface area contributed by atoms with Crippen molar-refractivity contribution in [2.24, 2.45) is 4.99 Å². The van der Waals surface area contributed by atoms with Gasteiger partial charge < -0.3 is 14.6 Å². The highest BCUT2D eigenvalue weighted by Crippen LogP contribution is 2.28. The summed E-state index contributed by atoms with van der Waals surface area (Å²) < 4.78 is 7.14. The molecule has 9 heteroatoms. The van der Waals surface area contributed by atoms with E-state index in [0.717, 1.165) is 57.6 Å². The van der Waals surface area contributed by atoms with Crippen molar-refractivity contribution in [1.82, 2.24) is 9.55 Å². The van der Waals surface area contributed by atoms with Crippen molar-refractivity contribution in [3.8, 4) is 11.1 Å². The number of amidine groups is 1. The highest BCUT2D eigenvalue weighted by atomic mass is 16.6. The summed E-state index contributed by atoms with van der Waals surface area (Å²) in [5.41, 5.74) is 6.93. The fourth-order valence-electron chi connectivity index (χ4n) is 4.55. The van der Waals surface area contributed by atoms with E-state index in [1.807, 2.05) is 49.4 Å². The number of nitrogens with one attached hydrogen (secondary N) is 1. The normalized spacial score (nSPS) is 11.5. The largest absolute Gasteiger partial charge is 0.465 e. The molecule has 3 aromatic carbocycles. The fraction of sp³-hybridized carbons (Fsp3) is 0.276. The van der Waals surface area contributed by atoms with Crippen LogP contribution in [-0.2, 0) is 17.7 Å². The molecular weight excluding hydrogens is 482 g/mol. The van der Waals surface area contributed by atoms with E-state index in [4.69, 9.17) is 9.72 Å². The van der Waals surface area contributed by atoms with Crippen LogP contribution in [0, 0.1) is 17.0 Å². The predicted molar refractivity (Wildman–Crippen MR) is 150 cm³/mol. The average Bonchev–Trinajstić information content (AvgIpc) is 3.25. The summed E-state index contributed by atoms with van der Waals surface area (Å²) in [5, 5.41) is 14.1. The number of aliphatic imine (C=N–C) groups is 1. The first-order chi connectivity index (χ1) is 18.3. The second-order valence-electron chi connectivity index (χ2n) is 9.05. The van der Waals surface area contributed by atoms with Crippen molar-refractivity contribution in [1.29, 1.82) is 0 Å². The van der Waals surface area contributed by atoms with Crippen molar-refractivity contribution >= 4 is 28.5 Å². The topological polar surface area (TPSA) is 112 Å². The number of carbonyl (C=O) groups is 1. The molecule has 0 saturated heterocycles. The average molecular weight is 514 g/mol. The molecule has 0 atom stereocenters. The molecule has 1 heterocycles. The number of fused-ring (bicyclic) bond motifs is 1. The summed E-state index contributed by atoms with van der Waals surface area (Å²) in [6.45, 7) is 4.35. The number of anilines is 1. The monoisotopic (exact) mass is 513 g/mol. The lowest BCUT2D eigenvalue weighted by Crippen LogP contribution is -2.22. The number of methoxy groups -OCH3 is 1. The molecule has 4 rings (SSSR count). The van der Waals surface area contributed by atoms with Gasteiger partial charge in [0.25, 0.3) is 6.54 Å². The van der Waals surface area contributed by atoms with Crippen LogP contribution in [0.4, 0.5) is 5.69 Å². The fourth-order valence-corrected chi connectivity index (χ4v) is 4.55. The molecule has 0 aliphatic carbocycles. The zero-order valence-corrected chi connectivity index (χ0v) is 22.0. The van der Waals surface area contributed by atoms with Gasteiger partial charge in [-0.15, -0.1) is 0 Å². The number of nitro groups is 1. The minimum absolute atomic E-state index is 0.288. The van der Waals surface area contributed by atoms with E-state index in [0.29, 0.717) is 12.1 Å². The molecule has 0 aliphatic heterocycles. The number of carbonyl (C=O) groups excluding carboxylic acids is 1. The Kier molecular flexibility index (Phi) is 8.15. The summed E-state index contributed by atoms with van der Waals surface area (Å²) in [4.78, 5) is 31.8. The van der Waals surface area contributed by atoms with E-state index in [2.05, 4.69) is 33.9 Å². The lowest BCUT2D eigenvalue weighted by molar-refractivity contribution is -0.463. The molecule has 4 aromatic rings. The Balaban J connectivity index is 1.70. The number of esters is 1. The zero-order valence-electron chi connectivity index (χ0n) is 22.0. The summed E-state index contributed by atoms with van der Waals surface area (Å²) in [6, 6.07) is 19.4. The first kappa shape index (κ1) is 26.5. The molecule has 1 N–H and O–H groups in total. The third kappa shape index (κ3) is 5.72. The third-order valence-corrected chi connectivity index (χ3v) is 6.37. The smallest absolute Gasteiger partial charge is 0.338 e. The number of aryl methyl sites for hydroxylation is 2. The van der Waals surface area contributed by atoms with E-state index >= 15 is 0 Å². The van der Waals surface area contributed by atoms with Crippen molar-refractivity contribution < 1.29 is 14.5 Å². The first-order valence-electron chi connectivity index (χ1n) is 12.5. The van der Waals surface area contributed by atoms with Crippen LogP contribution in [0.2, 0.25) is 0 Å². The molecule has 1 aromatic heterocycles. The van der Waals surface area contributed by atoms with Crippen LogP contribution in [0.25, 0.3) is 22.2 Å². The van der Waals surface area contributed by atoms with Gasteiger partial charge in [-0.1, -0.05) is 49.4 Å².